The standard InChI is InChI=1S/C10H6Cl2F2O3/c11-6-2-3-7(17-10(13)14)5(9(6)12)1-4-8(15)16/h1-4,10H,(H,15,16)/b4-1+. The molecule has 0 saturated heterocycles. The highest BCUT2D eigenvalue weighted by Crippen LogP contribution is 2.34. The Morgan fingerprint density at radius 3 is 2.59 bits per heavy atom. The molecular weight excluding hydrogens is 277 g/mol. The first-order valence-electron chi connectivity index (χ1n) is 4.25. The zero-order chi connectivity index (χ0) is 13.0. The predicted octanol–water partition coefficient (Wildman–Crippen LogP) is 3.69. The molecular formula is C10H6Cl2F2O3. The Morgan fingerprint density at radius 2 is 2.06 bits per heavy atom. The van der Waals surface area contributed by atoms with Crippen molar-refractivity contribution in [3.63, 3.8) is 0 Å². The van der Waals surface area contributed by atoms with Crippen LogP contribution in [-0.4, -0.2) is 17.7 Å². The average Bonchev–Trinajstić information content (AvgIpc) is 2.22. The van der Waals surface area contributed by atoms with Gasteiger partial charge < -0.3 is 9.84 Å². The quantitative estimate of drug-likeness (QED) is 0.857. The maximum atomic E-state index is 12.1. The third kappa shape index (κ3) is 3.87. The molecule has 0 aliphatic carbocycles. The van der Waals surface area contributed by atoms with E-state index in [1.54, 1.807) is 0 Å². The summed E-state index contributed by atoms with van der Waals surface area (Å²) in [6.07, 6.45) is 1.78. The Labute approximate surface area is 105 Å². The van der Waals surface area contributed by atoms with Gasteiger partial charge in [0.25, 0.3) is 0 Å². The Balaban J connectivity index is 3.21. The van der Waals surface area contributed by atoms with Gasteiger partial charge in [-0.05, 0) is 18.2 Å². The lowest BCUT2D eigenvalue weighted by molar-refractivity contribution is -0.131. The minimum absolute atomic E-state index is 0.0122. The van der Waals surface area contributed by atoms with Crippen LogP contribution in [0.3, 0.4) is 0 Å². The van der Waals surface area contributed by atoms with Gasteiger partial charge in [0.15, 0.2) is 0 Å². The van der Waals surface area contributed by atoms with Gasteiger partial charge in [-0.3, -0.25) is 0 Å². The van der Waals surface area contributed by atoms with Crippen molar-refractivity contribution in [1.29, 1.82) is 0 Å². The van der Waals surface area contributed by atoms with Crippen LogP contribution >= 0.6 is 23.2 Å². The van der Waals surface area contributed by atoms with E-state index >= 15 is 0 Å². The van der Waals surface area contributed by atoms with Gasteiger partial charge in [-0.2, -0.15) is 8.78 Å². The molecule has 1 aromatic rings. The van der Waals surface area contributed by atoms with E-state index in [0.29, 0.717) is 0 Å². The van der Waals surface area contributed by atoms with Gasteiger partial charge in [-0.15, -0.1) is 0 Å². The van der Waals surface area contributed by atoms with E-state index in [4.69, 9.17) is 28.3 Å². The van der Waals surface area contributed by atoms with Crippen molar-refractivity contribution in [3.8, 4) is 5.75 Å². The summed E-state index contributed by atoms with van der Waals surface area (Å²) in [7, 11) is 0. The summed E-state index contributed by atoms with van der Waals surface area (Å²) in [5.41, 5.74) is -0.0122. The summed E-state index contributed by atoms with van der Waals surface area (Å²) in [5.74, 6) is -1.49. The molecule has 92 valence electrons. The second-order valence-corrected chi connectivity index (χ2v) is 3.61. The lowest BCUT2D eigenvalue weighted by Gasteiger charge is -2.10. The second-order valence-electron chi connectivity index (χ2n) is 2.82. The highest BCUT2D eigenvalue weighted by atomic mass is 35.5. The average molecular weight is 283 g/mol. The monoisotopic (exact) mass is 282 g/mol. The summed E-state index contributed by atoms with van der Waals surface area (Å²) in [5, 5.41) is 8.51. The maximum Gasteiger partial charge on any atom is 0.387 e. The van der Waals surface area contributed by atoms with Gasteiger partial charge in [0, 0.05) is 11.6 Å². The largest absolute Gasteiger partial charge is 0.478 e. The number of benzene rings is 1. The molecule has 1 N–H and O–H groups in total. The number of aliphatic carboxylic acids is 1. The van der Waals surface area contributed by atoms with Gasteiger partial charge in [0.2, 0.25) is 0 Å². The first kappa shape index (κ1) is 13.7. The first-order chi connectivity index (χ1) is 7.91. The van der Waals surface area contributed by atoms with Crippen molar-refractivity contribution in [2.24, 2.45) is 0 Å². The number of halogens is 4. The van der Waals surface area contributed by atoms with Gasteiger partial charge in [0.05, 0.1) is 10.0 Å². The number of alkyl halides is 2. The van der Waals surface area contributed by atoms with E-state index < -0.39 is 12.6 Å². The van der Waals surface area contributed by atoms with Gasteiger partial charge in [0.1, 0.15) is 5.75 Å². The fourth-order valence-corrected chi connectivity index (χ4v) is 1.44. The molecule has 0 unspecified atom stereocenters. The molecule has 0 atom stereocenters. The van der Waals surface area contributed by atoms with Crippen molar-refractivity contribution < 1.29 is 23.4 Å². The number of carboxylic acid groups (broad SMARTS) is 1. The second kappa shape index (κ2) is 5.84. The van der Waals surface area contributed by atoms with Gasteiger partial charge in [-0.1, -0.05) is 23.2 Å². The Kier molecular flexibility index (Phi) is 4.72. The minimum atomic E-state index is -3.04. The minimum Gasteiger partial charge on any atom is -0.478 e. The third-order valence-electron chi connectivity index (χ3n) is 1.70. The van der Waals surface area contributed by atoms with Crippen LogP contribution in [0.15, 0.2) is 18.2 Å². The summed E-state index contributed by atoms with van der Waals surface area (Å²) < 4.78 is 28.4. The van der Waals surface area contributed by atoms with Crippen LogP contribution in [0.1, 0.15) is 5.56 Å². The number of carbonyl (C=O) groups is 1. The van der Waals surface area contributed by atoms with Crippen molar-refractivity contribution >= 4 is 35.2 Å². The van der Waals surface area contributed by atoms with E-state index in [-0.39, 0.29) is 21.4 Å². The topological polar surface area (TPSA) is 46.5 Å². The molecule has 17 heavy (non-hydrogen) atoms. The Hall–Kier alpha value is -1.33. The third-order valence-corrected chi connectivity index (χ3v) is 2.52. The molecule has 0 aliphatic rings. The van der Waals surface area contributed by atoms with Crippen LogP contribution in [-0.2, 0) is 4.79 Å². The number of rotatable bonds is 4. The van der Waals surface area contributed by atoms with E-state index in [1.807, 2.05) is 0 Å². The summed E-state index contributed by atoms with van der Waals surface area (Å²) in [6, 6.07) is 2.46. The Morgan fingerprint density at radius 1 is 1.41 bits per heavy atom. The number of carboxylic acids is 1. The highest BCUT2D eigenvalue weighted by Gasteiger charge is 2.13. The number of hydrogen-bond acceptors (Lipinski definition) is 2. The van der Waals surface area contributed by atoms with Crippen molar-refractivity contribution in [2.45, 2.75) is 6.61 Å². The summed E-state index contributed by atoms with van der Waals surface area (Å²) in [6.45, 7) is -3.04. The summed E-state index contributed by atoms with van der Waals surface area (Å²) >= 11 is 11.4. The van der Waals surface area contributed by atoms with E-state index in [2.05, 4.69) is 4.74 Å². The van der Waals surface area contributed by atoms with E-state index in [0.717, 1.165) is 12.2 Å². The molecule has 7 heteroatoms. The molecule has 1 aromatic carbocycles. The molecule has 1 rings (SSSR count). The van der Waals surface area contributed by atoms with Crippen LogP contribution in [0, 0.1) is 0 Å². The lowest BCUT2D eigenvalue weighted by atomic mass is 10.2. The zero-order valence-electron chi connectivity index (χ0n) is 8.16. The fraction of sp³-hybridized carbons (Fsp3) is 0.100. The van der Waals surface area contributed by atoms with Crippen LogP contribution in [0.4, 0.5) is 8.78 Å². The summed E-state index contributed by atoms with van der Waals surface area (Å²) in [4.78, 5) is 10.4. The van der Waals surface area contributed by atoms with Gasteiger partial charge in [-0.25, -0.2) is 4.79 Å². The predicted molar refractivity (Wildman–Crippen MR) is 59.8 cm³/mol. The van der Waals surface area contributed by atoms with Crippen molar-refractivity contribution in [1.82, 2.24) is 0 Å². The maximum absolute atomic E-state index is 12.1. The zero-order valence-corrected chi connectivity index (χ0v) is 9.67. The van der Waals surface area contributed by atoms with E-state index in [1.165, 1.54) is 12.1 Å². The number of ether oxygens (including phenoxy) is 1. The van der Waals surface area contributed by atoms with Crippen LogP contribution < -0.4 is 4.74 Å². The van der Waals surface area contributed by atoms with Crippen molar-refractivity contribution in [2.75, 3.05) is 0 Å². The van der Waals surface area contributed by atoms with Crippen LogP contribution in [0.5, 0.6) is 5.75 Å². The van der Waals surface area contributed by atoms with Crippen LogP contribution in [0.25, 0.3) is 6.08 Å². The SMILES string of the molecule is O=C(O)/C=C/c1c(OC(F)F)ccc(Cl)c1Cl. The Bertz CT molecular complexity index is 461. The van der Waals surface area contributed by atoms with Crippen LogP contribution in [0.2, 0.25) is 10.0 Å². The van der Waals surface area contributed by atoms with Crippen molar-refractivity contribution in [3.05, 3.63) is 33.8 Å². The van der Waals surface area contributed by atoms with Gasteiger partial charge >= 0.3 is 12.6 Å². The smallest absolute Gasteiger partial charge is 0.387 e. The molecule has 0 amide bonds. The fourth-order valence-electron chi connectivity index (χ4n) is 1.06. The molecule has 0 heterocycles. The molecule has 0 spiro atoms. The molecule has 0 aliphatic heterocycles. The molecule has 0 aromatic heterocycles. The molecule has 0 bridgehead atoms. The molecule has 0 radical (unpaired) electrons. The lowest BCUT2D eigenvalue weighted by Crippen LogP contribution is -2.03. The molecule has 0 fully saturated rings. The molecule has 3 nitrogen and oxygen atoms in total. The number of hydrogen-bond donors (Lipinski definition) is 1. The first-order valence-corrected chi connectivity index (χ1v) is 5.01. The highest BCUT2D eigenvalue weighted by molar-refractivity contribution is 6.43. The molecule has 0 saturated carbocycles. The normalized spacial score (nSPS) is 11.1. The van der Waals surface area contributed by atoms with E-state index in [9.17, 15) is 13.6 Å².